The molecular weight excluding hydrogens is 262 g/mol. The molecular formula is C13H16BClN2O2. The van der Waals surface area contributed by atoms with Gasteiger partial charge in [-0.1, -0.05) is 11.6 Å². The van der Waals surface area contributed by atoms with Gasteiger partial charge in [-0.2, -0.15) is 0 Å². The van der Waals surface area contributed by atoms with Crippen molar-refractivity contribution in [2.45, 2.75) is 38.9 Å². The molecule has 0 radical (unpaired) electrons. The number of hydrogen-bond acceptors (Lipinski definition) is 3. The summed E-state index contributed by atoms with van der Waals surface area (Å²) in [7, 11) is -0.409. The summed E-state index contributed by atoms with van der Waals surface area (Å²) in [6.45, 7) is 8.13. The third-order valence-corrected chi connectivity index (χ3v) is 4.31. The summed E-state index contributed by atoms with van der Waals surface area (Å²) in [5.41, 5.74) is 0.978. The fraction of sp³-hybridized carbons (Fsp3) is 0.462. The summed E-state index contributed by atoms with van der Waals surface area (Å²) in [4.78, 5) is 7.29. The second kappa shape index (κ2) is 3.98. The van der Waals surface area contributed by atoms with E-state index in [-0.39, 0.29) is 11.2 Å². The lowest BCUT2D eigenvalue weighted by Crippen LogP contribution is -2.41. The van der Waals surface area contributed by atoms with Gasteiger partial charge in [-0.25, -0.2) is 4.98 Å². The zero-order valence-electron chi connectivity index (χ0n) is 11.5. The van der Waals surface area contributed by atoms with Gasteiger partial charge < -0.3 is 14.3 Å². The maximum Gasteiger partial charge on any atom is 0.512 e. The highest BCUT2D eigenvalue weighted by atomic mass is 35.5. The van der Waals surface area contributed by atoms with Gasteiger partial charge in [0.2, 0.25) is 0 Å². The molecule has 0 aliphatic carbocycles. The molecule has 100 valence electrons. The van der Waals surface area contributed by atoms with Crippen molar-refractivity contribution in [3.63, 3.8) is 0 Å². The number of fused-ring (bicyclic) bond motifs is 1. The van der Waals surface area contributed by atoms with Crippen molar-refractivity contribution in [2.24, 2.45) is 0 Å². The topological polar surface area (TPSA) is 47.1 Å². The lowest BCUT2D eigenvalue weighted by molar-refractivity contribution is 0.00578. The van der Waals surface area contributed by atoms with E-state index in [1.54, 1.807) is 6.20 Å². The Kier molecular flexibility index (Phi) is 2.72. The van der Waals surface area contributed by atoms with Gasteiger partial charge in [0.1, 0.15) is 0 Å². The maximum absolute atomic E-state index is 6.07. The van der Waals surface area contributed by atoms with Crippen molar-refractivity contribution in [2.75, 3.05) is 0 Å². The van der Waals surface area contributed by atoms with Crippen LogP contribution in [0.5, 0.6) is 0 Å². The van der Waals surface area contributed by atoms with Crippen molar-refractivity contribution in [3.05, 3.63) is 23.5 Å². The van der Waals surface area contributed by atoms with E-state index in [1.807, 2.05) is 39.8 Å². The zero-order valence-corrected chi connectivity index (χ0v) is 12.2. The maximum atomic E-state index is 6.07. The SMILES string of the molecule is CC1(C)OB(c2cc3ccnc(Cl)c3[nH]2)OC1(C)C. The van der Waals surface area contributed by atoms with E-state index in [0.717, 1.165) is 16.5 Å². The monoisotopic (exact) mass is 278 g/mol. The molecule has 4 nitrogen and oxygen atoms in total. The average Bonchev–Trinajstić information content (AvgIpc) is 2.80. The Morgan fingerprint density at radius 2 is 1.84 bits per heavy atom. The number of aromatic nitrogens is 2. The molecule has 1 aliphatic rings. The molecule has 0 aromatic carbocycles. The van der Waals surface area contributed by atoms with Crippen LogP contribution in [0, 0.1) is 0 Å². The van der Waals surface area contributed by atoms with Gasteiger partial charge in [0, 0.05) is 17.2 Å². The highest BCUT2D eigenvalue weighted by Crippen LogP contribution is 2.36. The smallest absolute Gasteiger partial charge is 0.398 e. The van der Waals surface area contributed by atoms with Crippen LogP contribution < -0.4 is 5.59 Å². The molecule has 2 aromatic heterocycles. The van der Waals surface area contributed by atoms with Crippen LogP contribution in [-0.2, 0) is 9.31 Å². The largest absolute Gasteiger partial charge is 0.512 e. The van der Waals surface area contributed by atoms with E-state index in [0.29, 0.717) is 5.15 Å². The van der Waals surface area contributed by atoms with Crippen LogP contribution in [0.1, 0.15) is 27.7 Å². The van der Waals surface area contributed by atoms with Gasteiger partial charge in [0.25, 0.3) is 0 Å². The molecule has 0 spiro atoms. The van der Waals surface area contributed by atoms with Crippen molar-refractivity contribution >= 4 is 35.2 Å². The third kappa shape index (κ3) is 1.97. The molecule has 1 saturated heterocycles. The molecule has 19 heavy (non-hydrogen) atoms. The first-order valence-electron chi connectivity index (χ1n) is 6.29. The Bertz CT molecular complexity index is 623. The second-order valence-corrected chi connectivity index (χ2v) is 6.24. The van der Waals surface area contributed by atoms with E-state index < -0.39 is 7.12 Å². The Balaban J connectivity index is 2.01. The summed E-state index contributed by atoms with van der Waals surface area (Å²) >= 11 is 6.07. The minimum absolute atomic E-state index is 0.350. The summed E-state index contributed by atoms with van der Waals surface area (Å²) < 4.78 is 12.0. The van der Waals surface area contributed by atoms with E-state index in [1.165, 1.54) is 0 Å². The molecule has 2 aromatic rings. The second-order valence-electron chi connectivity index (χ2n) is 5.88. The molecule has 0 saturated carbocycles. The Hall–Kier alpha value is -1.04. The highest BCUT2D eigenvalue weighted by Gasteiger charge is 2.52. The number of hydrogen-bond donors (Lipinski definition) is 1. The molecule has 1 N–H and O–H groups in total. The highest BCUT2D eigenvalue weighted by molar-refractivity contribution is 6.61. The predicted molar refractivity (Wildman–Crippen MR) is 76.8 cm³/mol. The normalized spacial score (nSPS) is 21.2. The average molecular weight is 279 g/mol. The number of nitrogens with zero attached hydrogens (tertiary/aromatic N) is 1. The predicted octanol–water partition coefficient (Wildman–Crippen LogP) is 2.52. The first kappa shape index (κ1) is 13.0. The molecule has 1 aliphatic heterocycles. The molecule has 1 fully saturated rings. The Morgan fingerprint density at radius 1 is 1.21 bits per heavy atom. The first-order chi connectivity index (χ1) is 8.80. The Morgan fingerprint density at radius 3 is 2.42 bits per heavy atom. The molecule has 0 bridgehead atoms. The lowest BCUT2D eigenvalue weighted by atomic mass is 9.85. The molecule has 0 unspecified atom stereocenters. The Labute approximate surface area is 117 Å². The fourth-order valence-corrected chi connectivity index (χ4v) is 2.35. The van der Waals surface area contributed by atoms with Crippen LogP contribution in [-0.4, -0.2) is 28.3 Å². The van der Waals surface area contributed by atoms with Crippen molar-refractivity contribution in [3.8, 4) is 0 Å². The lowest BCUT2D eigenvalue weighted by Gasteiger charge is -2.32. The number of nitrogens with one attached hydrogen (secondary N) is 1. The fourth-order valence-electron chi connectivity index (χ4n) is 2.14. The van der Waals surface area contributed by atoms with Gasteiger partial charge in [0.05, 0.1) is 16.7 Å². The summed E-state index contributed by atoms with van der Waals surface area (Å²) in [6.07, 6.45) is 1.69. The van der Waals surface area contributed by atoms with Gasteiger partial charge in [-0.3, -0.25) is 0 Å². The number of rotatable bonds is 1. The zero-order chi connectivity index (χ0) is 13.8. The molecule has 3 rings (SSSR count). The number of H-pyrrole nitrogens is 1. The van der Waals surface area contributed by atoms with Crippen LogP contribution in [0.3, 0.4) is 0 Å². The number of aromatic amines is 1. The van der Waals surface area contributed by atoms with E-state index >= 15 is 0 Å². The minimum Gasteiger partial charge on any atom is -0.398 e. The van der Waals surface area contributed by atoms with E-state index in [2.05, 4.69) is 9.97 Å². The minimum atomic E-state index is -0.409. The van der Waals surface area contributed by atoms with Gasteiger partial charge >= 0.3 is 7.12 Å². The third-order valence-electron chi connectivity index (χ3n) is 4.02. The van der Waals surface area contributed by atoms with Crippen molar-refractivity contribution in [1.29, 1.82) is 0 Å². The quantitative estimate of drug-likeness (QED) is 0.644. The van der Waals surface area contributed by atoms with Crippen LogP contribution in [0.15, 0.2) is 18.3 Å². The van der Waals surface area contributed by atoms with Gasteiger partial charge in [-0.05, 0) is 39.8 Å². The number of pyridine rings is 1. The molecule has 0 amide bonds. The molecule has 3 heterocycles. The van der Waals surface area contributed by atoms with Gasteiger partial charge in [0.15, 0.2) is 5.15 Å². The number of halogens is 1. The van der Waals surface area contributed by atoms with Crippen molar-refractivity contribution in [1.82, 2.24) is 9.97 Å². The molecule has 6 heteroatoms. The van der Waals surface area contributed by atoms with E-state index in [9.17, 15) is 0 Å². The first-order valence-corrected chi connectivity index (χ1v) is 6.67. The van der Waals surface area contributed by atoms with Gasteiger partial charge in [-0.15, -0.1) is 0 Å². The van der Waals surface area contributed by atoms with Crippen LogP contribution in [0.2, 0.25) is 5.15 Å². The molecule has 0 atom stereocenters. The summed E-state index contributed by atoms with van der Waals surface area (Å²) in [5, 5.41) is 1.46. The standard InChI is InChI=1S/C13H16BClN2O2/c1-12(2)13(3,4)19-14(18-12)9-7-8-5-6-16-11(15)10(8)17-9/h5-7,17H,1-4H3. The van der Waals surface area contributed by atoms with Crippen LogP contribution in [0.4, 0.5) is 0 Å². The van der Waals surface area contributed by atoms with Crippen molar-refractivity contribution < 1.29 is 9.31 Å². The van der Waals surface area contributed by atoms with Crippen LogP contribution in [0.25, 0.3) is 10.9 Å². The van der Waals surface area contributed by atoms with E-state index in [4.69, 9.17) is 20.9 Å². The summed E-state index contributed by atoms with van der Waals surface area (Å²) in [5.74, 6) is 0. The summed E-state index contributed by atoms with van der Waals surface area (Å²) in [6, 6.07) is 3.90. The van der Waals surface area contributed by atoms with Crippen LogP contribution >= 0.6 is 11.6 Å².